The van der Waals surface area contributed by atoms with Gasteiger partial charge in [0.15, 0.2) is 0 Å². The van der Waals surface area contributed by atoms with Crippen LogP contribution in [-0.4, -0.2) is 11.8 Å². The van der Waals surface area contributed by atoms with Gasteiger partial charge in [-0.2, -0.15) is 0 Å². The van der Waals surface area contributed by atoms with Gasteiger partial charge in [0.05, 0.1) is 0 Å². The molecular weight excluding hydrogens is 130 g/mol. The Balaban J connectivity index is 2.77. The Morgan fingerprint density at radius 1 is 1.20 bits per heavy atom. The first-order chi connectivity index (χ1) is 4.77. The molecule has 0 heterocycles. The van der Waals surface area contributed by atoms with Gasteiger partial charge in [-0.15, -0.1) is 0 Å². The first-order valence-corrected chi connectivity index (χ1v) is 3.99. The summed E-state index contributed by atoms with van der Waals surface area (Å²) in [7, 11) is 0. The van der Waals surface area contributed by atoms with Crippen molar-refractivity contribution in [2.75, 3.05) is 6.54 Å². The number of hydroxylamine groups is 2. The van der Waals surface area contributed by atoms with E-state index in [-0.39, 0.29) is 0 Å². The van der Waals surface area contributed by atoms with Crippen LogP contribution < -0.4 is 5.23 Å². The molecular formula is C7H17NO2. The van der Waals surface area contributed by atoms with Gasteiger partial charge in [0.1, 0.15) is 6.54 Å². The molecule has 1 atom stereocenters. The Labute approximate surface area is 62.2 Å². The lowest BCUT2D eigenvalue weighted by Gasteiger charge is -2.10. The highest BCUT2D eigenvalue weighted by Crippen LogP contribution is 2.00. The van der Waals surface area contributed by atoms with Gasteiger partial charge < -0.3 is 5.21 Å². The van der Waals surface area contributed by atoms with Crippen molar-refractivity contribution < 1.29 is 10.4 Å². The van der Waals surface area contributed by atoms with Gasteiger partial charge >= 0.3 is 0 Å². The van der Waals surface area contributed by atoms with Crippen molar-refractivity contribution in [3.05, 3.63) is 5.21 Å². The molecule has 0 rings (SSSR count). The van der Waals surface area contributed by atoms with Gasteiger partial charge in [0.2, 0.25) is 0 Å². The average Bonchev–Trinajstić information content (AvgIpc) is 1.87. The van der Waals surface area contributed by atoms with Crippen molar-refractivity contribution in [3.8, 4) is 0 Å². The Morgan fingerprint density at radius 2 is 1.80 bits per heavy atom. The van der Waals surface area contributed by atoms with E-state index in [1.807, 2.05) is 0 Å². The van der Waals surface area contributed by atoms with Crippen LogP contribution in [0.1, 0.15) is 39.0 Å². The summed E-state index contributed by atoms with van der Waals surface area (Å²) in [6.45, 7) is 2.49. The van der Waals surface area contributed by atoms with Gasteiger partial charge in [-0.3, -0.25) is 0 Å². The molecule has 2 N–H and O–H groups in total. The number of hydrogen-bond acceptors (Lipinski definition) is 2. The van der Waals surface area contributed by atoms with E-state index >= 15 is 0 Å². The largest absolute Gasteiger partial charge is 0.600 e. The fourth-order valence-electron chi connectivity index (χ4n) is 0.880. The highest BCUT2D eigenvalue weighted by molar-refractivity contribution is 4.39. The van der Waals surface area contributed by atoms with Gasteiger partial charge in [-0.1, -0.05) is 26.2 Å². The first-order valence-electron chi connectivity index (χ1n) is 3.99. The molecule has 0 radical (unpaired) electrons. The number of hydrogen-bond donors (Lipinski definition) is 2. The molecule has 0 aliphatic heterocycles. The van der Waals surface area contributed by atoms with E-state index in [1.54, 1.807) is 0 Å². The SMILES string of the molecule is CCCCCCC[NH+]([O-])O. The fourth-order valence-corrected chi connectivity index (χ4v) is 0.880. The lowest BCUT2D eigenvalue weighted by molar-refractivity contribution is -1.05. The smallest absolute Gasteiger partial charge is 0.106 e. The Bertz CT molecular complexity index is 66.6. The highest BCUT2D eigenvalue weighted by Gasteiger charge is 1.91. The van der Waals surface area contributed by atoms with Crippen molar-refractivity contribution in [1.29, 1.82) is 0 Å². The second-order valence-electron chi connectivity index (χ2n) is 2.56. The molecule has 0 saturated heterocycles. The van der Waals surface area contributed by atoms with Gasteiger partial charge in [0.25, 0.3) is 0 Å². The van der Waals surface area contributed by atoms with Crippen LogP contribution in [0.15, 0.2) is 0 Å². The summed E-state index contributed by atoms with van der Waals surface area (Å²) in [6, 6.07) is 0. The van der Waals surface area contributed by atoms with Gasteiger partial charge in [-0.05, 0) is 12.8 Å². The van der Waals surface area contributed by atoms with Crippen LogP contribution in [0.4, 0.5) is 0 Å². The molecule has 3 nitrogen and oxygen atoms in total. The zero-order chi connectivity index (χ0) is 7.82. The van der Waals surface area contributed by atoms with Crippen LogP contribution in [0, 0.1) is 5.21 Å². The van der Waals surface area contributed by atoms with Gasteiger partial charge in [-0.25, -0.2) is 10.4 Å². The standard InChI is InChI=1S/C7H17NO2/c1-2-3-4-5-6-7-8(9)10/h8-9H,2-7H2,1H3. The third kappa shape index (κ3) is 7.88. The molecule has 10 heavy (non-hydrogen) atoms. The van der Waals surface area contributed by atoms with E-state index in [2.05, 4.69) is 6.92 Å². The topological polar surface area (TPSA) is 47.7 Å². The number of unbranched alkanes of at least 4 members (excludes halogenated alkanes) is 4. The minimum atomic E-state index is -0.670. The summed E-state index contributed by atoms with van der Waals surface area (Å²) < 4.78 is 0. The first kappa shape index (κ1) is 9.88. The molecule has 62 valence electrons. The minimum absolute atomic E-state index is 0.337. The average molecular weight is 147 g/mol. The second-order valence-corrected chi connectivity index (χ2v) is 2.56. The maximum absolute atomic E-state index is 10.0. The molecule has 0 aromatic carbocycles. The molecule has 0 aliphatic rings. The summed E-state index contributed by atoms with van der Waals surface area (Å²) in [5, 5.41) is 17.6. The van der Waals surface area contributed by atoms with Crippen molar-refractivity contribution in [1.82, 2.24) is 0 Å². The molecule has 0 fully saturated rings. The summed E-state index contributed by atoms with van der Waals surface area (Å²) in [5.74, 6) is 0. The maximum Gasteiger partial charge on any atom is 0.106 e. The van der Waals surface area contributed by atoms with E-state index in [4.69, 9.17) is 5.21 Å². The van der Waals surface area contributed by atoms with E-state index in [0.29, 0.717) is 6.54 Å². The lowest BCUT2D eigenvalue weighted by Crippen LogP contribution is -3.04. The predicted octanol–water partition coefficient (Wildman–Crippen LogP) is 0.729. The number of quaternary nitrogens is 1. The molecule has 3 heteroatoms. The third-order valence-electron chi connectivity index (χ3n) is 1.49. The molecule has 1 unspecified atom stereocenters. The Morgan fingerprint density at radius 3 is 2.30 bits per heavy atom. The molecule has 0 saturated carbocycles. The summed E-state index contributed by atoms with van der Waals surface area (Å²) in [6.07, 6.45) is 5.55. The normalized spacial score (nSPS) is 13.5. The Kier molecular flexibility index (Phi) is 6.91. The monoisotopic (exact) mass is 147 g/mol. The van der Waals surface area contributed by atoms with Crippen LogP contribution in [0.3, 0.4) is 0 Å². The van der Waals surface area contributed by atoms with Gasteiger partial charge in [0, 0.05) is 0 Å². The van der Waals surface area contributed by atoms with E-state index in [9.17, 15) is 5.21 Å². The van der Waals surface area contributed by atoms with Crippen LogP contribution >= 0.6 is 0 Å². The lowest BCUT2D eigenvalue weighted by atomic mass is 10.2. The molecule has 0 amide bonds. The third-order valence-corrected chi connectivity index (χ3v) is 1.49. The number of nitrogens with one attached hydrogen (secondary N) is 1. The highest BCUT2D eigenvalue weighted by atomic mass is 16.8. The second kappa shape index (κ2) is 6.99. The van der Waals surface area contributed by atoms with Crippen LogP contribution in [0.5, 0.6) is 0 Å². The zero-order valence-electron chi connectivity index (χ0n) is 6.60. The summed E-state index contributed by atoms with van der Waals surface area (Å²) in [4.78, 5) is 0. The molecule has 0 bridgehead atoms. The zero-order valence-corrected chi connectivity index (χ0v) is 6.60. The quantitative estimate of drug-likeness (QED) is 0.430. The predicted molar refractivity (Wildman–Crippen MR) is 39.7 cm³/mol. The molecule has 0 aliphatic carbocycles. The van der Waals surface area contributed by atoms with Crippen molar-refractivity contribution in [2.24, 2.45) is 0 Å². The van der Waals surface area contributed by atoms with Crippen molar-refractivity contribution >= 4 is 0 Å². The van der Waals surface area contributed by atoms with Crippen molar-refractivity contribution in [3.63, 3.8) is 0 Å². The molecule has 0 spiro atoms. The van der Waals surface area contributed by atoms with Crippen molar-refractivity contribution in [2.45, 2.75) is 39.0 Å². The summed E-state index contributed by atoms with van der Waals surface area (Å²) >= 11 is 0. The maximum atomic E-state index is 10.0. The Hall–Kier alpha value is -0.120. The van der Waals surface area contributed by atoms with Crippen LogP contribution in [0.2, 0.25) is 0 Å². The van der Waals surface area contributed by atoms with E-state index in [1.165, 1.54) is 19.3 Å². The van der Waals surface area contributed by atoms with Crippen LogP contribution in [-0.2, 0) is 0 Å². The molecule has 0 aromatic rings. The molecule has 0 aromatic heterocycles. The van der Waals surface area contributed by atoms with E-state index < -0.39 is 5.23 Å². The number of rotatable bonds is 6. The minimum Gasteiger partial charge on any atom is -0.600 e. The fraction of sp³-hybridized carbons (Fsp3) is 1.00. The van der Waals surface area contributed by atoms with E-state index in [0.717, 1.165) is 12.8 Å². The summed E-state index contributed by atoms with van der Waals surface area (Å²) in [5.41, 5.74) is 0. The van der Waals surface area contributed by atoms with Crippen LogP contribution in [0.25, 0.3) is 0 Å².